The monoisotopic (exact) mass is 350 g/mol. The minimum atomic E-state index is 0. The van der Waals surface area contributed by atoms with Crippen molar-refractivity contribution >= 4 is 28.5 Å². The first kappa shape index (κ1) is 17.5. The Morgan fingerprint density at radius 1 is 1.14 bits per heavy atom. The number of benzene rings is 1. The average Bonchev–Trinajstić information content (AvgIpc) is 2.50. The maximum absolute atomic E-state index is 12.2. The lowest BCUT2D eigenvalue weighted by atomic mass is 10.1. The van der Waals surface area contributed by atoms with E-state index in [1.54, 1.807) is 0 Å². The zero-order chi connectivity index (χ0) is 14.4. The summed E-state index contributed by atoms with van der Waals surface area (Å²) < 4.78 is 0. The molecule has 0 saturated heterocycles. The first-order chi connectivity index (χ1) is 9.74. The molecule has 1 aliphatic heterocycles. The van der Waals surface area contributed by atoms with E-state index in [0.717, 1.165) is 25.2 Å². The Kier molecular flexibility index (Phi) is 7.23. The van der Waals surface area contributed by atoms with Crippen molar-refractivity contribution < 1.29 is 4.79 Å². The van der Waals surface area contributed by atoms with Crippen LogP contribution in [0.1, 0.15) is 24.2 Å². The minimum absolute atomic E-state index is 0. The summed E-state index contributed by atoms with van der Waals surface area (Å²) in [7, 11) is 0. The topological polar surface area (TPSA) is 23.6 Å². The molecule has 0 spiro atoms. The van der Waals surface area contributed by atoms with Crippen LogP contribution < -0.4 is 4.90 Å². The fraction of sp³-hybridized carbons (Fsp3) is 0.353. The van der Waals surface area contributed by atoms with Gasteiger partial charge in [-0.25, -0.2) is 0 Å². The zero-order valence-electron chi connectivity index (χ0n) is 12.7. The molecular formula is C17H23BrN2O. The third kappa shape index (κ3) is 4.74. The van der Waals surface area contributed by atoms with Gasteiger partial charge in [-0.15, -0.1) is 17.0 Å². The number of halogens is 1. The van der Waals surface area contributed by atoms with Crippen molar-refractivity contribution in [2.24, 2.45) is 0 Å². The maximum Gasteiger partial charge on any atom is 0.182 e. The van der Waals surface area contributed by atoms with Gasteiger partial charge in [0, 0.05) is 30.9 Å². The molecule has 0 radical (unpaired) electrons. The van der Waals surface area contributed by atoms with Crippen molar-refractivity contribution in [3.05, 3.63) is 54.3 Å². The van der Waals surface area contributed by atoms with Gasteiger partial charge in [0.05, 0.1) is 6.54 Å². The van der Waals surface area contributed by atoms with Gasteiger partial charge in [0.1, 0.15) is 0 Å². The zero-order valence-corrected chi connectivity index (χ0v) is 14.4. The van der Waals surface area contributed by atoms with Crippen LogP contribution in [0.15, 0.2) is 48.7 Å². The quantitative estimate of drug-likeness (QED) is 0.731. The Bertz CT molecular complexity index is 504. The van der Waals surface area contributed by atoms with Gasteiger partial charge in [-0.1, -0.05) is 12.2 Å². The molecule has 114 valence electrons. The minimum Gasteiger partial charge on any atom is -0.372 e. The Balaban J connectivity index is 0.00000220. The van der Waals surface area contributed by atoms with Crippen molar-refractivity contribution in [1.82, 2.24) is 4.90 Å². The third-order valence-corrected chi connectivity index (χ3v) is 3.55. The molecule has 0 amide bonds. The number of carbonyl (C=O) groups excluding carboxylic acids is 1. The van der Waals surface area contributed by atoms with Crippen LogP contribution in [0, 0.1) is 0 Å². The summed E-state index contributed by atoms with van der Waals surface area (Å²) in [6.45, 7) is 7.48. The normalized spacial score (nSPS) is 13.0. The summed E-state index contributed by atoms with van der Waals surface area (Å²) in [6.07, 6.45) is 7.97. The van der Waals surface area contributed by atoms with Crippen LogP contribution in [0.3, 0.4) is 0 Å². The number of hydrogen-bond donors (Lipinski definition) is 0. The van der Waals surface area contributed by atoms with Crippen LogP contribution in [-0.2, 0) is 0 Å². The Morgan fingerprint density at radius 2 is 1.81 bits per heavy atom. The lowest BCUT2D eigenvalue weighted by molar-refractivity contribution is 0.0959. The molecule has 1 heterocycles. The first-order valence-electron chi connectivity index (χ1n) is 7.20. The molecule has 1 aliphatic rings. The third-order valence-electron chi connectivity index (χ3n) is 3.55. The van der Waals surface area contributed by atoms with Gasteiger partial charge >= 0.3 is 0 Å². The second-order valence-corrected chi connectivity index (χ2v) is 4.84. The number of anilines is 1. The molecule has 0 atom stereocenters. The van der Waals surface area contributed by atoms with Crippen molar-refractivity contribution in [2.75, 3.05) is 31.1 Å². The smallest absolute Gasteiger partial charge is 0.182 e. The van der Waals surface area contributed by atoms with E-state index in [-0.39, 0.29) is 22.8 Å². The van der Waals surface area contributed by atoms with Gasteiger partial charge in [0.2, 0.25) is 0 Å². The number of rotatable bonds is 6. The van der Waals surface area contributed by atoms with Gasteiger partial charge in [-0.3, -0.25) is 4.79 Å². The van der Waals surface area contributed by atoms with Crippen LogP contribution in [0.4, 0.5) is 5.69 Å². The molecule has 3 nitrogen and oxygen atoms in total. The summed E-state index contributed by atoms with van der Waals surface area (Å²) in [5.74, 6) is 0.163. The van der Waals surface area contributed by atoms with E-state index in [4.69, 9.17) is 0 Å². The summed E-state index contributed by atoms with van der Waals surface area (Å²) in [5.41, 5.74) is 1.95. The highest BCUT2D eigenvalue weighted by Gasteiger charge is 2.10. The fourth-order valence-corrected chi connectivity index (χ4v) is 2.35. The standard InChI is InChI=1S/C17H22N2O.BrH/c1-3-19(4-2)16-10-8-15(9-11-16)17(20)14-18-12-6-5-7-13-18;/h5-12H,3-4,13-14H2,1-2H3;1H. The molecule has 4 heteroatoms. The molecule has 0 bridgehead atoms. The molecular weight excluding hydrogens is 328 g/mol. The first-order valence-corrected chi connectivity index (χ1v) is 7.20. The van der Waals surface area contributed by atoms with Crippen LogP contribution in [-0.4, -0.2) is 36.9 Å². The molecule has 21 heavy (non-hydrogen) atoms. The summed E-state index contributed by atoms with van der Waals surface area (Å²) in [5, 5.41) is 0. The number of hydrogen-bond acceptors (Lipinski definition) is 3. The Morgan fingerprint density at radius 3 is 2.33 bits per heavy atom. The molecule has 0 fully saturated rings. The molecule has 1 aromatic carbocycles. The number of allylic oxidation sites excluding steroid dienone is 2. The van der Waals surface area contributed by atoms with Crippen LogP contribution >= 0.6 is 17.0 Å². The van der Waals surface area contributed by atoms with Gasteiger partial charge in [0.25, 0.3) is 0 Å². The highest BCUT2D eigenvalue weighted by atomic mass is 79.9. The Labute approximate surface area is 137 Å². The molecule has 0 unspecified atom stereocenters. The number of nitrogens with zero attached hydrogens (tertiary/aromatic N) is 2. The summed E-state index contributed by atoms with van der Waals surface area (Å²) in [4.78, 5) is 16.5. The number of carbonyl (C=O) groups is 1. The van der Waals surface area contributed by atoms with E-state index in [1.807, 2.05) is 47.5 Å². The van der Waals surface area contributed by atoms with Gasteiger partial charge in [-0.2, -0.15) is 0 Å². The molecule has 2 rings (SSSR count). The average molecular weight is 351 g/mol. The molecule has 0 N–H and O–H groups in total. The van der Waals surface area contributed by atoms with Crippen molar-refractivity contribution in [3.8, 4) is 0 Å². The molecule has 1 aromatic rings. The maximum atomic E-state index is 12.2. The van der Waals surface area contributed by atoms with Gasteiger partial charge in [0.15, 0.2) is 5.78 Å². The molecule has 0 aliphatic carbocycles. The lowest BCUT2D eigenvalue weighted by Gasteiger charge is -2.22. The predicted molar refractivity (Wildman–Crippen MR) is 94.5 cm³/mol. The van der Waals surface area contributed by atoms with Gasteiger partial charge in [-0.05, 0) is 50.4 Å². The molecule has 0 aromatic heterocycles. The highest BCUT2D eigenvalue weighted by Crippen LogP contribution is 2.15. The number of ketones is 1. The summed E-state index contributed by atoms with van der Waals surface area (Å²) in [6, 6.07) is 7.93. The van der Waals surface area contributed by atoms with E-state index in [0.29, 0.717) is 6.54 Å². The van der Waals surface area contributed by atoms with E-state index in [2.05, 4.69) is 24.8 Å². The largest absolute Gasteiger partial charge is 0.372 e. The van der Waals surface area contributed by atoms with Crippen LogP contribution in [0.25, 0.3) is 0 Å². The van der Waals surface area contributed by atoms with Crippen molar-refractivity contribution in [1.29, 1.82) is 0 Å². The van der Waals surface area contributed by atoms with Crippen LogP contribution in [0.5, 0.6) is 0 Å². The lowest BCUT2D eigenvalue weighted by Crippen LogP contribution is -2.26. The van der Waals surface area contributed by atoms with Crippen molar-refractivity contribution in [2.45, 2.75) is 13.8 Å². The van der Waals surface area contributed by atoms with E-state index in [9.17, 15) is 4.79 Å². The van der Waals surface area contributed by atoms with Gasteiger partial charge < -0.3 is 9.80 Å². The second-order valence-electron chi connectivity index (χ2n) is 4.84. The Hall–Kier alpha value is -1.55. The highest BCUT2D eigenvalue weighted by molar-refractivity contribution is 8.93. The number of Topliss-reactive ketones (excluding diaryl/α,β-unsaturated/α-hetero) is 1. The SMILES string of the molecule is Br.CCN(CC)c1ccc(C(=O)CN2C=CC=CC2)cc1. The van der Waals surface area contributed by atoms with E-state index < -0.39 is 0 Å². The predicted octanol–water partition coefficient (Wildman–Crippen LogP) is 3.68. The second kappa shape index (κ2) is 8.67. The van der Waals surface area contributed by atoms with Crippen LogP contribution in [0.2, 0.25) is 0 Å². The fourth-order valence-electron chi connectivity index (χ4n) is 2.35. The van der Waals surface area contributed by atoms with E-state index >= 15 is 0 Å². The summed E-state index contributed by atoms with van der Waals surface area (Å²) >= 11 is 0. The van der Waals surface area contributed by atoms with E-state index in [1.165, 1.54) is 5.69 Å². The molecule has 0 saturated carbocycles. The van der Waals surface area contributed by atoms with Crippen molar-refractivity contribution in [3.63, 3.8) is 0 Å².